The molecular formula is C16H33N3O2. The number of hydrogen-bond donors (Lipinski definition) is 2. The second kappa shape index (κ2) is 8.59. The van der Waals surface area contributed by atoms with E-state index in [0.717, 1.165) is 19.1 Å². The number of nitrogens with zero attached hydrogens (tertiary/aromatic N) is 1. The molecule has 1 atom stereocenters. The summed E-state index contributed by atoms with van der Waals surface area (Å²) in [7, 11) is 2.21. The Morgan fingerprint density at radius 2 is 1.95 bits per heavy atom. The molecule has 1 rings (SSSR count). The van der Waals surface area contributed by atoms with Crippen LogP contribution >= 0.6 is 0 Å². The maximum absolute atomic E-state index is 11.5. The van der Waals surface area contributed by atoms with Crippen molar-refractivity contribution in [1.82, 2.24) is 15.5 Å². The maximum atomic E-state index is 11.5. The lowest BCUT2D eigenvalue weighted by molar-refractivity contribution is 0.0523. The number of hydrogen-bond acceptors (Lipinski definition) is 4. The molecule has 0 saturated heterocycles. The standard InChI is InChI=1S/C16H33N3O2/c1-13(12-18-15(20)21-16(2,3)4)17-10-11-19(5)14-8-6-7-9-14/h13-14,17H,6-12H2,1-5H3,(H,18,20). The quantitative estimate of drug-likeness (QED) is 0.758. The zero-order valence-corrected chi connectivity index (χ0v) is 14.4. The summed E-state index contributed by atoms with van der Waals surface area (Å²) in [5.41, 5.74) is -0.440. The Morgan fingerprint density at radius 1 is 1.33 bits per heavy atom. The summed E-state index contributed by atoms with van der Waals surface area (Å²) in [6, 6.07) is 1.01. The largest absolute Gasteiger partial charge is 0.444 e. The van der Waals surface area contributed by atoms with Gasteiger partial charge in [0.15, 0.2) is 0 Å². The molecule has 124 valence electrons. The molecule has 1 unspecified atom stereocenters. The van der Waals surface area contributed by atoms with Gasteiger partial charge in [-0.1, -0.05) is 12.8 Å². The zero-order chi connectivity index (χ0) is 15.9. The smallest absolute Gasteiger partial charge is 0.407 e. The van der Waals surface area contributed by atoms with Crippen molar-refractivity contribution in [2.24, 2.45) is 0 Å². The number of carbonyl (C=O) groups excluding carboxylic acids is 1. The minimum absolute atomic E-state index is 0.245. The van der Waals surface area contributed by atoms with Crippen LogP contribution in [-0.4, -0.2) is 55.4 Å². The van der Waals surface area contributed by atoms with Crippen LogP contribution in [0.5, 0.6) is 0 Å². The molecule has 0 aromatic carbocycles. The molecule has 0 heterocycles. The van der Waals surface area contributed by atoms with E-state index in [0.29, 0.717) is 6.54 Å². The molecule has 1 aliphatic carbocycles. The first-order chi connectivity index (χ1) is 9.78. The van der Waals surface area contributed by atoms with Gasteiger partial charge >= 0.3 is 6.09 Å². The number of rotatable bonds is 7. The number of carbonyl (C=O) groups is 1. The number of ether oxygens (including phenoxy) is 1. The van der Waals surface area contributed by atoms with E-state index in [1.165, 1.54) is 25.7 Å². The highest BCUT2D eigenvalue weighted by molar-refractivity contribution is 5.67. The first-order valence-electron chi connectivity index (χ1n) is 8.18. The molecule has 1 saturated carbocycles. The number of alkyl carbamates (subject to hydrolysis) is 1. The normalized spacial score (nSPS) is 18.0. The van der Waals surface area contributed by atoms with Crippen LogP contribution in [-0.2, 0) is 4.74 Å². The molecule has 2 N–H and O–H groups in total. The lowest BCUT2D eigenvalue weighted by Crippen LogP contribution is -2.44. The maximum Gasteiger partial charge on any atom is 0.407 e. The van der Waals surface area contributed by atoms with Crippen LogP contribution in [0.2, 0.25) is 0 Å². The third-order valence-corrected chi connectivity index (χ3v) is 3.86. The molecule has 0 aromatic rings. The molecule has 5 heteroatoms. The van der Waals surface area contributed by atoms with Gasteiger partial charge in [0.2, 0.25) is 0 Å². The summed E-state index contributed by atoms with van der Waals surface area (Å²) < 4.78 is 5.21. The van der Waals surface area contributed by atoms with E-state index in [-0.39, 0.29) is 12.1 Å². The Morgan fingerprint density at radius 3 is 2.52 bits per heavy atom. The van der Waals surface area contributed by atoms with E-state index < -0.39 is 5.60 Å². The highest BCUT2D eigenvalue weighted by Gasteiger charge is 2.19. The predicted molar refractivity (Wildman–Crippen MR) is 86.6 cm³/mol. The van der Waals surface area contributed by atoms with Crippen LogP contribution < -0.4 is 10.6 Å². The van der Waals surface area contributed by atoms with Gasteiger partial charge in [-0.2, -0.15) is 0 Å². The van der Waals surface area contributed by atoms with Crippen molar-refractivity contribution >= 4 is 6.09 Å². The molecule has 0 radical (unpaired) electrons. The second-order valence-corrected chi connectivity index (χ2v) is 7.16. The molecular weight excluding hydrogens is 266 g/mol. The van der Waals surface area contributed by atoms with E-state index >= 15 is 0 Å². The van der Waals surface area contributed by atoms with Crippen molar-refractivity contribution in [2.75, 3.05) is 26.7 Å². The Bertz CT molecular complexity index is 309. The van der Waals surface area contributed by atoms with Gasteiger partial charge in [0, 0.05) is 31.7 Å². The fourth-order valence-corrected chi connectivity index (χ4v) is 2.64. The van der Waals surface area contributed by atoms with Gasteiger partial charge < -0.3 is 20.3 Å². The van der Waals surface area contributed by atoms with Gasteiger partial charge in [0.05, 0.1) is 0 Å². The molecule has 0 aromatic heterocycles. The fraction of sp³-hybridized carbons (Fsp3) is 0.938. The van der Waals surface area contributed by atoms with Crippen LogP contribution in [0, 0.1) is 0 Å². The molecule has 1 aliphatic rings. The molecule has 0 aliphatic heterocycles. The molecule has 1 fully saturated rings. The third-order valence-electron chi connectivity index (χ3n) is 3.86. The number of amides is 1. The highest BCUT2D eigenvalue weighted by Crippen LogP contribution is 2.21. The van der Waals surface area contributed by atoms with Crippen LogP contribution in [0.25, 0.3) is 0 Å². The van der Waals surface area contributed by atoms with Crippen LogP contribution in [0.4, 0.5) is 4.79 Å². The number of likely N-dealkylation sites (N-methyl/N-ethyl adjacent to an activating group) is 1. The third kappa shape index (κ3) is 8.27. The highest BCUT2D eigenvalue weighted by atomic mass is 16.6. The minimum atomic E-state index is -0.440. The van der Waals surface area contributed by atoms with Gasteiger partial charge in [-0.3, -0.25) is 0 Å². The average Bonchev–Trinajstić information content (AvgIpc) is 2.88. The summed E-state index contributed by atoms with van der Waals surface area (Å²) in [5.74, 6) is 0. The Balaban J connectivity index is 2.08. The van der Waals surface area contributed by atoms with E-state index in [4.69, 9.17) is 4.74 Å². The fourth-order valence-electron chi connectivity index (χ4n) is 2.64. The molecule has 0 spiro atoms. The van der Waals surface area contributed by atoms with E-state index in [1.54, 1.807) is 0 Å². The molecule has 5 nitrogen and oxygen atoms in total. The summed E-state index contributed by atoms with van der Waals surface area (Å²) >= 11 is 0. The Kier molecular flexibility index (Phi) is 7.46. The van der Waals surface area contributed by atoms with Gasteiger partial charge in [-0.05, 0) is 47.6 Å². The van der Waals surface area contributed by atoms with Gasteiger partial charge in [-0.25, -0.2) is 4.79 Å². The SMILES string of the molecule is CC(CNC(=O)OC(C)(C)C)NCCN(C)C1CCCC1. The van der Waals surface area contributed by atoms with Gasteiger partial charge in [0.1, 0.15) is 5.60 Å². The molecule has 21 heavy (non-hydrogen) atoms. The lowest BCUT2D eigenvalue weighted by atomic mass is 10.2. The average molecular weight is 299 g/mol. The topological polar surface area (TPSA) is 53.6 Å². The Hall–Kier alpha value is -0.810. The summed E-state index contributed by atoms with van der Waals surface area (Å²) in [6.45, 7) is 10.3. The molecule has 1 amide bonds. The van der Waals surface area contributed by atoms with Crippen molar-refractivity contribution in [3.05, 3.63) is 0 Å². The van der Waals surface area contributed by atoms with Crippen LogP contribution in [0.15, 0.2) is 0 Å². The second-order valence-electron chi connectivity index (χ2n) is 7.16. The number of nitrogens with one attached hydrogen (secondary N) is 2. The zero-order valence-electron chi connectivity index (χ0n) is 14.4. The van der Waals surface area contributed by atoms with Crippen LogP contribution in [0.3, 0.4) is 0 Å². The van der Waals surface area contributed by atoms with Crippen molar-refractivity contribution in [2.45, 2.75) is 71.1 Å². The Labute approximate surface area is 129 Å². The van der Waals surface area contributed by atoms with Crippen molar-refractivity contribution in [3.63, 3.8) is 0 Å². The van der Waals surface area contributed by atoms with E-state index in [1.807, 2.05) is 20.8 Å². The van der Waals surface area contributed by atoms with Crippen molar-refractivity contribution < 1.29 is 9.53 Å². The minimum Gasteiger partial charge on any atom is -0.444 e. The van der Waals surface area contributed by atoms with Crippen molar-refractivity contribution in [1.29, 1.82) is 0 Å². The lowest BCUT2D eigenvalue weighted by Gasteiger charge is -2.25. The van der Waals surface area contributed by atoms with Gasteiger partial charge in [-0.15, -0.1) is 0 Å². The monoisotopic (exact) mass is 299 g/mol. The predicted octanol–water partition coefficient (Wildman–Crippen LogP) is 2.36. The molecule has 0 bridgehead atoms. The van der Waals surface area contributed by atoms with Crippen molar-refractivity contribution in [3.8, 4) is 0 Å². The van der Waals surface area contributed by atoms with Gasteiger partial charge in [0.25, 0.3) is 0 Å². The summed E-state index contributed by atoms with van der Waals surface area (Å²) in [6.07, 6.45) is 5.08. The first-order valence-corrected chi connectivity index (χ1v) is 8.18. The van der Waals surface area contributed by atoms with Crippen LogP contribution in [0.1, 0.15) is 53.4 Å². The first kappa shape index (κ1) is 18.2. The van der Waals surface area contributed by atoms with E-state index in [2.05, 4.69) is 29.5 Å². The summed E-state index contributed by atoms with van der Waals surface area (Å²) in [4.78, 5) is 14.0. The summed E-state index contributed by atoms with van der Waals surface area (Å²) in [5, 5.41) is 6.24. The van der Waals surface area contributed by atoms with E-state index in [9.17, 15) is 4.79 Å².